The largest absolute Gasteiger partial charge is 0.483 e. The Morgan fingerprint density at radius 1 is 1.24 bits per heavy atom. The third-order valence-corrected chi connectivity index (χ3v) is 6.36. The minimum atomic E-state index is -4.33. The number of nitrogens with zero attached hydrogens (tertiary/aromatic N) is 1. The fourth-order valence-corrected chi connectivity index (χ4v) is 4.54. The predicted octanol–water partition coefficient (Wildman–Crippen LogP) is 3.24. The molecule has 1 aliphatic carbocycles. The predicted molar refractivity (Wildman–Crippen MR) is 101 cm³/mol. The van der Waals surface area contributed by atoms with Crippen molar-refractivity contribution >= 4 is 5.91 Å². The number of halogens is 3. The molecule has 8 heteroatoms. The fraction of sp³-hybridized carbons (Fsp3) is 0.667. The first kappa shape index (κ1) is 20.5. The van der Waals surface area contributed by atoms with Crippen molar-refractivity contribution in [1.29, 1.82) is 0 Å². The number of benzene rings is 1. The normalized spacial score (nSPS) is 31.3. The average Bonchev–Trinajstić information content (AvgIpc) is 2.64. The van der Waals surface area contributed by atoms with E-state index in [2.05, 4.69) is 5.32 Å². The van der Waals surface area contributed by atoms with Crippen LogP contribution < -0.4 is 10.1 Å². The first-order valence-corrected chi connectivity index (χ1v) is 10.3. The van der Waals surface area contributed by atoms with Gasteiger partial charge in [-0.3, -0.25) is 4.79 Å². The molecule has 0 spiro atoms. The van der Waals surface area contributed by atoms with E-state index in [4.69, 9.17) is 9.47 Å². The number of fused-ring (bicyclic) bond motifs is 3. The zero-order valence-corrected chi connectivity index (χ0v) is 16.5. The summed E-state index contributed by atoms with van der Waals surface area (Å²) in [5, 5.41) is 2.69. The van der Waals surface area contributed by atoms with E-state index in [-0.39, 0.29) is 25.2 Å². The van der Waals surface area contributed by atoms with E-state index in [1.54, 1.807) is 4.90 Å². The van der Waals surface area contributed by atoms with Crippen molar-refractivity contribution in [3.05, 3.63) is 29.8 Å². The van der Waals surface area contributed by atoms with Crippen molar-refractivity contribution in [1.82, 2.24) is 10.2 Å². The van der Waals surface area contributed by atoms with Gasteiger partial charge in [0.2, 0.25) is 0 Å². The zero-order chi connectivity index (χ0) is 20.6. The van der Waals surface area contributed by atoms with Gasteiger partial charge in [-0.1, -0.05) is 18.2 Å². The number of nitrogens with one attached hydrogen (secondary N) is 1. The molecule has 2 bridgehead atoms. The van der Waals surface area contributed by atoms with E-state index >= 15 is 0 Å². The summed E-state index contributed by atoms with van der Waals surface area (Å²) in [6.45, 7) is 1.75. The molecule has 5 rings (SSSR count). The molecule has 1 aromatic carbocycles. The summed E-state index contributed by atoms with van der Waals surface area (Å²) in [7, 11) is 0. The smallest absolute Gasteiger partial charge is 0.403 e. The molecular formula is C21H27F3N2O3. The van der Waals surface area contributed by atoms with Gasteiger partial charge in [0.1, 0.15) is 11.8 Å². The van der Waals surface area contributed by atoms with Crippen LogP contribution in [0.2, 0.25) is 0 Å². The number of ether oxygens (including phenoxy) is 2. The number of alkyl halides is 3. The summed E-state index contributed by atoms with van der Waals surface area (Å²) in [6.07, 6.45) is -1.32. The SMILES string of the molecule is C[C@@H](N[C@H]1CCCN2C(=O)COc3ccccc3C3CC(C3)OC[C@@H]12)C(F)(F)F. The Morgan fingerprint density at radius 3 is 2.76 bits per heavy atom. The van der Waals surface area contributed by atoms with E-state index in [0.29, 0.717) is 31.1 Å². The van der Waals surface area contributed by atoms with Gasteiger partial charge in [-0.25, -0.2) is 0 Å². The highest BCUT2D eigenvalue weighted by Gasteiger charge is 2.43. The van der Waals surface area contributed by atoms with Crippen LogP contribution in [-0.4, -0.2) is 61.0 Å². The number of hydrogen-bond donors (Lipinski definition) is 1. The van der Waals surface area contributed by atoms with E-state index in [1.165, 1.54) is 0 Å². The molecule has 3 heterocycles. The molecule has 3 atom stereocenters. The Hall–Kier alpha value is -1.80. The molecule has 0 unspecified atom stereocenters. The van der Waals surface area contributed by atoms with Crippen LogP contribution in [0, 0.1) is 0 Å². The highest BCUT2D eigenvalue weighted by molar-refractivity contribution is 5.78. The van der Waals surface area contributed by atoms with Crippen LogP contribution in [0.1, 0.15) is 44.1 Å². The molecule has 0 aromatic heterocycles. The molecule has 160 valence electrons. The monoisotopic (exact) mass is 412 g/mol. The molecule has 1 aromatic rings. The molecule has 1 saturated carbocycles. The highest BCUT2D eigenvalue weighted by Crippen LogP contribution is 2.43. The number of rotatable bonds is 2. The molecule has 3 aliphatic heterocycles. The lowest BCUT2D eigenvalue weighted by Gasteiger charge is -2.45. The van der Waals surface area contributed by atoms with Crippen molar-refractivity contribution in [3.63, 3.8) is 0 Å². The quantitative estimate of drug-likeness (QED) is 0.810. The topological polar surface area (TPSA) is 50.8 Å². The number of carbonyl (C=O) groups excluding carboxylic acids is 1. The molecule has 2 fully saturated rings. The lowest BCUT2D eigenvalue weighted by molar-refractivity contribution is -0.158. The summed E-state index contributed by atoms with van der Waals surface area (Å²) in [4.78, 5) is 14.5. The van der Waals surface area contributed by atoms with Gasteiger partial charge in [0.25, 0.3) is 5.91 Å². The standard InChI is InChI=1S/C21H27F3N2O3/c1-13(21(22,23)24)25-17-6-4-8-26-18(17)11-28-15-9-14(10-15)16-5-2-3-7-19(16)29-12-20(26)27/h2-3,5,7,13-15,17-18,25H,4,6,8-12H2,1H3/t13-,14?,15?,17+,18+/m1/s1. The third kappa shape index (κ3) is 4.38. The Morgan fingerprint density at radius 2 is 2.00 bits per heavy atom. The summed E-state index contributed by atoms with van der Waals surface area (Å²) in [6, 6.07) is 5.20. The van der Waals surface area contributed by atoms with E-state index in [1.807, 2.05) is 24.3 Å². The van der Waals surface area contributed by atoms with Crippen LogP contribution in [0.15, 0.2) is 24.3 Å². The van der Waals surface area contributed by atoms with Gasteiger partial charge in [0.05, 0.1) is 18.8 Å². The highest BCUT2D eigenvalue weighted by atomic mass is 19.4. The second kappa shape index (κ2) is 8.14. The van der Waals surface area contributed by atoms with Crippen LogP contribution in [0.5, 0.6) is 5.75 Å². The van der Waals surface area contributed by atoms with Crippen molar-refractivity contribution in [2.45, 2.75) is 68.9 Å². The number of amides is 1. The van der Waals surface area contributed by atoms with Crippen LogP contribution >= 0.6 is 0 Å². The molecule has 29 heavy (non-hydrogen) atoms. The average molecular weight is 412 g/mol. The van der Waals surface area contributed by atoms with Crippen LogP contribution in [0.3, 0.4) is 0 Å². The fourth-order valence-electron chi connectivity index (χ4n) is 4.54. The van der Waals surface area contributed by atoms with E-state index in [0.717, 1.165) is 25.3 Å². The number of hydrogen-bond acceptors (Lipinski definition) is 4. The molecular weight excluding hydrogens is 385 g/mol. The number of piperidine rings is 1. The molecule has 1 N–H and O–H groups in total. The lowest BCUT2D eigenvalue weighted by Crippen LogP contribution is -2.61. The van der Waals surface area contributed by atoms with Gasteiger partial charge in [-0.2, -0.15) is 13.2 Å². The van der Waals surface area contributed by atoms with Gasteiger partial charge >= 0.3 is 6.18 Å². The first-order valence-electron chi connectivity index (χ1n) is 10.3. The van der Waals surface area contributed by atoms with Crippen molar-refractivity contribution in [2.24, 2.45) is 0 Å². The number of carbonyl (C=O) groups is 1. The van der Waals surface area contributed by atoms with E-state index < -0.39 is 24.3 Å². The second-order valence-electron chi connectivity index (χ2n) is 8.28. The maximum absolute atomic E-state index is 13.1. The first-order chi connectivity index (χ1) is 13.8. The Labute approximate surface area is 168 Å². The Bertz CT molecular complexity index is 736. The summed E-state index contributed by atoms with van der Waals surface area (Å²) in [5.41, 5.74) is 1.09. The maximum atomic E-state index is 13.1. The second-order valence-corrected chi connectivity index (χ2v) is 8.28. The van der Waals surface area contributed by atoms with E-state index in [9.17, 15) is 18.0 Å². The van der Waals surface area contributed by atoms with Crippen LogP contribution in [0.25, 0.3) is 0 Å². The van der Waals surface area contributed by atoms with Crippen molar-refractivity contribution in [3.8, 4) is 5.75 Å². The molecule has 1 amide bonds. The van der Waals surface area contributed by atoms with Gasteiger partial charge in [0, 0.05) is 12.6 Å². The van der Waals surface area contributed by atoms with Gasteiger partial charge in [-0.05, 0) is 50.2 Å². The van der Waals surface area contributed by atoms with Crippen LogP contribution in [0.4, 0.5) is 13.2 Å². The summed E-state index contributed by atoms with van der Waals surface area (Å²) in [5.74, 6) is 0.819. The molecule has 4 aliphatic rings. The number of para-hydroxylation sites is 1. The zero-order valence-electron chi connectivity index (χ0n) is 16.5. The Kier molecular flexibility index (Phi) is 5.75. The lowest BCUT2D eigenvalue weighted by atomic mass is 9.77. The van der Waals surface area contributed by atoms with Crippen LogP contribution in [-0.2, 0) is 9.53 Å². The third-order valence-electron chi connectivity index (χ3n) is 6.36. The minimum absolute atomic E-state index is 0.0621. The Balaban J connectivity index is 1.54. The molecule has 0 radical (unpaired) electrons. The maximum Gasteiger partial charge on any atom is 0.403 e. The summed E-state index contributed by atoms with van der Waals surface area (Å²) < 4.78 is 51.2. The molecule has 1 saturated heterocycles. The minimum Gasteiger partial charge on any atom is -0.483 e. The molecule has 5 nitrogen and oxygen atoms in total. The van der Waals surface area contributed by atoms with Gasteiger partial charge < -0.3 is 19.7 Å². The van der Waals surface area contributed by atoms with Crippen molar-refractivity contribution < 1.29 is 27.4 Å². The summed E-state index contributed by atoms with van der Waals surface area (Å²) >= 11 is 0. The van der Waals surface area contributed by atoms with Gasteiger partial charge in [0.15, 0.2) is 6.61 Å². The van der Waals surface area contributed by atoms with Crippen molar-refractivity contribution in [2.75, 3.05) is 19.8 Å². The van der Waals surface area contributed by atoms with Gasteiger partial charge in [-0.15, -0.1) is 0 Å².